The molecule has 0 amide bonds. The Morgan fingerprint density at radius 1 is 1.20 bits per heavy atom. The van der Waals surface area contributed by atoms with Gasteiger partial charge in [0.25, 0.3) is 0 Å². The normalized spacial score (nSPS) is 12.9. The smallest absolute Gasteiger partial charge is 0.246 e. The maximum absolute atomic E-state index is 13.2. The molecule has 0 fully saturated rings. The number of H-pyrrole nitrogens is 1. The molecule has 8 heteroatoms. The number of benzene rings is 2. The minimum atomic E-state index is -3.71. The van der Waals surface area contributed by atoms with Crippen LogP contribution < -0.4 is 10.1 Å². The van der Waals surface area contributed by atoms with Gasteiger partial charge < -0.3 is 15.0 Å². The predicted molar refractivity (Wildman–Crippen MR) is 119 cm³/mol. The summed E-state index contributed by atoms with van der Waals surface area (Å²) in [7, 11) is -0.770. The number of rotatable bonds is 8. The first-order valence-corrected chi connectivity index (χ1v) is 11.2. The molecular formula is C22H27N3O4S. The van der Waals surface area contributed by atoms with Crippen LogP contribution in [0.1, 0.15) is 29.9 Å². The van der Waals surface area contributed by atoms with Gasteiger partial charge in [0.05, 0.1) is 12.6 Å². The van der Waals surface area contributed by atoms with E-state index >= 15 is 0 Å². The second kappa shape index (κ2) is 8.49. The fourth-order valence-electron chi connectivity index (χ4n) is 3.40. The lowest BCUT2D eigenvalue weighted by molar-refractivity contribution is 0.0976. The number of Topliss-reactive ketones (excluding diaryl/α,β-unsaturated/α-hetero) is 1. The monoisotopic (exact) mass is 429 g/mol. The van der Waals surface area contributed by atoms with E-state index in [0.717, 1.165) is 20.9 Å². The molecule has 3 aromatic rings. The Hall–Kier alpha value is -2.84. The number of anilines is 1. The molecule has 0 bridgehead atoms. The van der Waals surface area contributed by atoms with E-state index in [1.165, 1.54) is 20.2 Å². The van der Waals surface area contributed by atoms with E-state index < -0.39 is 16.1 Å². The molecule has 0 aliphatic rings. The summed E-state index contributed by atoms with van der Waals surface area (Å²) in [6, 6.07) is 11.9. The van der Waals surface area contributed by atoms with Gasteiger partial charge in [-0.2, -0.15) is 0 Å². The number of para-hydroxylation sites is 1. The summed E-state index contributed by atoms with van der Waals surface area (Å²) in [5, 5.41) is 4.01. The number of nitrogens with zero attached hydrogens (tertiary/aromatic N) is 1. The molecule has 0 saturated heterocycles. The molecule has 160 valence electrons. The highest BCUT2D eigenvalue weighted by Crippen LogP contribution is 2.30. The average molecular weight is 430 g/mol. The third-order valence-electron chi connectivity index (χ3n) is 4.92. The van der Waals surface area contributed by atoms with Crippen molar-refractivity contribution in [2.75, 3.05) is 26.0 Å². The number of aromatic nitrogens is 1. The molecule has 1 aromatic heterocycles. The first-order valence-electron chi connectivity index (χ1n) is 9.74. The van der Waals surface area contributed by atoms with E-state index in [0.29, 0.717) is 17.9 Å². The topological polar surface area (TPSA) is 91.5 Å². The zero-order chi connectivity index (χ0) is 22.1. The molecular weight excluding hydrogens is 402 g/mol. The molecule has 1 atom stereocenters. The number of hydrogen-bond donors (Lipinski definition) is 2. The maximum atomic E-state index is 13.2. The molecule has 0 unspecified atom stereocenters. The van der Waals surface area contributed by atoms with Crippen molar-refractivity contribution >= 4 is 32.4 Å². The van der Waals surface area contributed by atoms with Crippen LogP contribution in [-0.2, 0) is 10.0 Å². The molecule has 3 rings (SSSR count). The number of ether oxygens (including phenoxy) is 1. The van der Waals surface area contributed by atoms with Crippen molar-refractivity contribution in [3.63, 3.8) is 0 Å². The number of aryl methyl sites for hydroxylation is 1. The SMILES string of the molecule is CCOc1ccc(N[C@H](C)C(=O)c2c(C)[nH]c3ccccc23)cc1S(=O)(=O)N(C)C. The molecule has 2 aromatic carbocycles. The van der Waals surface area contributed by atoms with Crippen LogP contribution in [0.25, 0.3) is 10.9 Å². The molecule has 7 nitrogen and oxygen atoms in total. The summed E-state index contributed by atoms with van der Waals surface area (Å²) in [5.74, 6) is 0.207. The highest BCUT2D eigenvalue weighted by molar-refractivity contribution is 7.89. The first-order chi connectivity index (χ1) is 14.2. The van der Waals surface area contributed by atoms with Crippen LogP contribution in [-0.4, -0.2) is 50.2 Å². The summed E-state index contributed by atoms with van der Waals surface area (Å²) in [6.45, 7) is 5.78. The van der Waals surface area contributed by atoms with Crippen molar-refractivity contribution in [3.8, 4) is 5.75 Å². The van der Waals surface area contributed by atoms with E-state index in [9.17, 15) is 13.2 Å². The van der Waals surface area contributed by atoms with Crippen molar-refractivity contribution in [1.82, 2.24) is 9.29 Å². The number of sulfonamides is 1. The summed E-state index contributed by atoms with van der Waals surface area (Å²) in [4.78, 5) is 16.5. The highest BCUT2D eigenvalue weighted by Gasteiger charge is 2.25. The van der Waals surface area contributed by atoms with Crippen molar-refractivity contribution in [2.45, 2.75) is 31.7 Å². The van der Waals surface area contributed by atoms with Gasteiger partial charge in [-0.1, -0.05) is 18.2 Å². The lowest BCUT2D eigenvalue weighted by atomic mass is 10.0. The van der Waals surface area contributed by atoms with Gasteiger partial charge in [-0.3, -0.25) is 4.79 Å². The van der Waals surface area contributed by atoms with Gasteiger partial charge >= 0.3 is 0 Å². The average Bonchev–Trinajstić information content (AvgIpc) is 3.04. The van der Waals surface area contributed by atoms with Crippen molar-refractivity contribution in [1.29, 1.82) is 0 Å². The molecule has 0 radical (unpaired) electrons. The van der Waals surface area contributed by atoms with Crippen LogP contribution in [0.15, 0.2) is 47.4 Å². The predicted octanol–water partition coefficient (Wildman–Crippen LogP) is 3.81. The summed E-state index contributed by atoms with van der Waals surface area (Å²) < 4.78 is 32.1. The summed E-state index contributed by atoms with van der Waals surface area (Å²) >= 11 is 0. The van der Waals surface area contributed by atoms with Gasteiger partial charge in [0.15, 0.2) is 5.78 Å². The van der Waals surface area contributed by atoms with E-state index in [2.05, 4.69) is 10.3 Å². The second-order valence-electron chi connectivity index (χ2n) is 7.28. The molecule has 0 spiro atoms. The van der Waals surface area contributed by atoms with Crippen molar-refractivity contribution in [2.24, 2.45) is 0 Å². The number of carbonyl (C=O) groups excluding carboxylic acids is 1. The lowest BCUT2D eigenvalue weighted by Crippen LogP contribution is -2.27. The molecule has 30 heavy (non-hydrogen) atoms. The zero-order valence-corrected chi connectivity index (χ0v) is 18.6. The van der Waals surface area contributed by atoms with E-state index in [4.69, 9.17) is 4.74 Å². The summed E-state index contributed by atoms with van der Waals surface area (Å²) in [5.41, 5.74) is 2.87. The van der Waals surface area contributed by atoms with Crippen LogP contribution in [0.3, 0.4) is 0 Å². The zero-order valence-electron chi connectivity index (χ0n) is 17.8. The minimum absolute atomic E-state index is 0.0577. The molecule has 1 heterocycles. The Morgan fingerprint density at radius 3 is 2.57 bits per heavy atom. The Balaban J connectivity index is 1.94. The van der Waals surface area contributed by atoms with Crippen molar-refractivity contribution < 1.29 is 17.9 Å². The number of nitrogens with one attached hydrogen (secondary N) is 2. The van der Waals surface area contributed by atoms with Crippen LogP contribution in [0, 0.1) is 6.92 Å². The number of fused-ring (bicyclic) bond motifs is 1. The van der Waals surface area contributed by atoms with Crippen LogP contribution in [0.4, 0.5) is 5.69 Å². The fourth-order valence-corrected chi connectivity index (χ4v) is 4.45. The second-order valence-corrected chi connectivity index (χ2v) is 9.40. The summed E-state index contributed by atoms with van der Waals surface area (Å²) in [6.07, 6.45) is 0. The van der Waals surface area contributed by atoms with Crippen molar-refractivity contribution in [3.05, 3.63) is 53.7 Å². The van der Waals surface area contributed by atoms with E-state index in [1.54, 1.807) is 26.0 Å². The number of carbonyl (C=O) groups is 1. The lowest BCUT2D eigenvalue weighted by Gasteiger charge is -2.19. The molecule has 2 N–H and O–H groups in total. The standard InChI is InChI=1S/C22H27N3O4S/c1-6-29-19-12-11-16(13-20(19)30(27,28)25(4)5)23-15(3)22(26)21-14(2)24-18-10-8-7-9-17(18)21/h7-13,15,23-24H,6H2,1-5H3/t15-/m1/s1. The largest absolute Gasteiger partial charge is 0.492 e. The number of hydrogen-bond acceptors (Lipinski definition) is 5. The van der Waals surface area contributed by atoms with Gasteiger partial charge in [0, 0.05) is 41.9 Å². The van der Waals surface area contributed by atoms with E-state index in [-0.39, 0.29) is 16.4 Å². The van der Waals surface area contributed by atoms with Gasteiger partial charge in [0.2, 0.25) is 10.0 Å². The fraction of sp³-hybridized carbons (Fsp3) is 0.318. The van der Waals surface area contributed by atoms with Gasteiger partial charge in [-0.05, 0) is 45.0 Å². The molecule has 0 aliphatic carbocycles. The maximum Gasteiger partial charge on any atom is 0.246 e. The Labute approximate surface area is 177 Å². The number of aromatic amines is 1. The molecule has 0 saturated carbocycles. The van der Waals surface area contributed by atoms with Gasteiger partial charge in [-0.25, -0.2) is 12.7 Å². The highest BCUT2D eigenvalue weighted by atomic mass is 32.2. The van der Waals surface area contributed by atoms with Gasteiger partial charge in [0.1, 0.15) is 10.6 Å². The van der Waals surface area contributed by atoms with Crippen LogP contribution in [0.2, 0.25) is 0 Å². The minimum Gasteiger partial charge on any atom is -0.492 e. The van der Waals surface area contributed by atoms with Gasteiger partial charge in [-0.15, -0.1) is 0 Å². The Morgan fingerprint density at radius 2 is 1.90 bits per heavy atom. The third-order valence-corrected chi connectivity index (χ3v) is 6.75. The Bertz CT molecular complexity index is 1180. The van der Waals surface area contributed by atoms with Crippen LogP contribution >= 0.6 is 0 Å². The first kappa shape index (κ1) is 21.9. The van der Waals surface area contributed by atoms with Crippen LogP contribution in [0.5, 0.6) is 5.75 Å². The number of ketones is 1. The Kier molecular flexibility index (Phi) is 6.19. The van der Waals surface area contributed by atoms with E-state index in [1.807, 2.05) is 31.2 Å². The molecule has 0 aliphatic heterocycles. The quantitative estimate of drug-likeness (QED) is 0.531. The third kappa shape index (κ3) is 4.06.